The number of phenols is 1. The van der Waals surface area contributed by atoms with Crippen molar-refractivity contribution in [2.24, 2.45) is 0 Å². The minimum absolute atomic E-state index is 0.118. The van der Waals surface area contributed by atoms with E-state index in [9.17, 15) is 9.90 Å². The summed E-state index contributed by atoms with van der Waals surface area (Å²) in [7, 11) is 0. The molecular formula is C15H23NO2. The van der Waals surface area contributed by atoms with Crippen LogP contribution in [0.1, 0.15) is 56.0 Å². The van der Waals surface area contributed by atoms with Gasteiger partial charge in [0, 0.05) is 11.1 Å². The van der Waals surface area contributed by atoms with Crippen LogP contribution >= 0.6 is 0 Å². The molecule has 0 aliphatic heterocycles. The van der Waals surface area contributed by atoms with Crippen LogP contribution in [0.4, 0.5) is 0 Å². The van der Waals surface area contributed by atoms with Crippen molar-refractivity contribution < 1.29 is 9.90 Å². The zero-order chi connectivity index (χ0) is 13.8. The molecule has 0 spiro atoms. The Morgan fingerprint density at radius 3 is 2.56 bits per heavy atom. The minimum atomic E-state index is 0.118. The van der Waals surface area contributed by atoms with Crippen LogP contribution < -0.4 is 5.32 Å². The summed E-state index contributed by atoms with van der Waals surface area (Å²) in [6.07, 6.45) is 1.74. The van der Waals surface area contributed by atoms with E-state index in [-0.39, 0.29) is 11.3 Å². The number of hydrogen-bond acceptors (Lipinski definition) is 3. The third kappa shape index (κ3) is 4.88. The maximum atomic E-state index is 10.8. The second-order valence-corrected chi connectivity index (χ2v) is 5.84. The van der Waals surface area contributed by atoms with Crippen LogP contribution in [0.3, 0.4) is 0 Å². The van der Waals surface area contributed by atoms with Crippen LogP contribution in [0, 0.1) is 0 Å². The van der Waals surface area contributed by atoms with E-state index in [0.29, 0.717) is 11.5 Å². The average molecular weight is 249 g/mol. The Hall–Kier alpha value is -1.35. The zero-order valence-electron chi connectivity index (χ0n) is 11.7. The number of aldehydes is 1. The Morgan fingerprint density at radius 2 is 2.00 bits per heavy atom. The van der Waals surface area contributed by atoms with Crippen molar-refractivity contribution in [2.75, 3.05) is 6.54 Å². The van der Waals surface area contributed by atoms with Crippen molar-refractivity contribution in [1.29, 1.82) is 0 Å². The predicted octanol–water partition coefficient (Wildman–Crippen LogP) is 3.09. The second kappa shape index (κ2) is 6.01. The highest BCUT2D eigenvalue weighted by Gasteiger charge is 2.11. The van der Waals surface area contributed by atoms with Crippen molar-refractivity contribution in [3.05, 3.63) is 29.3 Å². The van der Waals surface area contributed by atoms with Crippen molar-refractivity contribution in [2.45, 2.75) is 45.6 Å². The molecule has 0 bridgehead atoms. The van der Waals surface area contributed by atoms with Gasteiger partial charge in [0.1, 0.15) is 12.0 Å². The number of phenolic OH excluding ortho intramolecular Hbond substituents is 1. The Labute approximate surface area is 109 Å². The summed E-state index contributed by atoms with van der Waals surface area (Å²) in [5.41, 5.74) is 1.65. The Balaban J connectivity index is 2.63. The first-order valence-electron chi connectivity index (χ1n) is 6.36. The molecule has 1 aromatic carbocycles. The van der Waals surface area contributed by atoms with Crippen molar-refractivity contribution in [3.63, 3.8) is 0 Å². The van der Waals surface area contributed by atoms with Gasteiger partial charge in [-0.05, 0) is 63.4 Å². The molecule has 0 saturated carbocycles. The minimum Gasteiger partial charge on any atom is -0.508 e. The van der Waals surface area contributed by atoms with E-state index in [0.717, 1.165) is 24.8 Å². The highest BCUT2D eigenvalue weighted by Crippen LogP contribution is 2.24. The number of aromatic hydroxyl groups is 1. The first-order chi connectivity index (χ1) is 8.31. The van der Waals surface area contributed by atoms with E-state index in [4.69, 9.17) is 0 Å². The van der Waals surface area contributed by atoms with Crippen LogP contribution in [0.2, 0.25) is 0 Å². The molecule has 1 aromatic rings. The molecular weight excluding hydrogens is 226 g/mol. The fraction of sp³-hybridized carbons (Fsp3) is 0.533. The van der Waals surface area contributed by atoms with Crippen molar-refractivity contribution >= 4 is 6.29 Å². The van der Waals surface area contributed by atoms with E-state index in [1.54, 1.807) is 6.07 Å². The molecule has 3 heteroatoms. The van der Waals surface area contributed by atoms with Gasteiger partial charge in [0.05, 0.1) is 0 Å². The summed E-state index contributed by atoms with van der Waals surface area (Å²) >= 11 is 0. The summed E-state index contributed by atoms with van der Waals surface area (Å²) in [6.45, 7) is 9.42. The topological polar surface area (TPSA) is 49.3 Å². The molecule has 18 heavy (non-hydrogen) atoms. The van der Waals surface area contributed by atoms with Crippen LogP contribution in [-0.2, 0) is 0 Å². The van der Waals surface area contributed by atoms with Gasteiger partial charge in [-0.2, -0.15) is 0 Å². The van der Waals surface area contributed by atoms with Gasteiger partial charge in [0.25, 0.3) is 0 Å². The van der Waals surface area contributed by atoms with Gasteiger partial charge in [0.15, 0.2) is 0 Å². The van der Waals surface area contributed by atoms with E-state index in [2.05, 4.69) is 33.0 Å². The highest BCUT2D eigenvalue weighted by atomic mass is 16.3. The Kier molecular flexibility index (Phi) is 4.91. The van der Waals surface area contributed by atoms with E-state index >= 15 is 0 Å². The molecule has 0 aliphatic rings. The number of hydrogen-bond donors (Lipinski definition) is 2. The molecule has 0 aromatic heterocycles. The molecule has 0 radical (unpaired) electrons. The molecule has 0 amide bonds. The molecule has 2 N–H and O–H groups in total. The molecule has 3 nitrogen and oxygen atoms in total. The highest BCUT2D eigenvalue weighted by molar-refractivity contribution is 5.76. The summed E-state index contributed by atoms with van der Waals surface area (Å²) in [5.74, 6) is 0.468. The maximum Gasteiger partial charge on any atom is 0.150 e. The summed E-state index contributed by atoms with van der Waals surface area (Å²) in [6, 6.07) is 5.06. The Bertz CT molecular complexity index is 407. The fourth-order valence-electron chi connectivity index (χ4n) is 1.84. The van der Waals surface area contributed by atoms with Gasteiger partial charge in [-0.25, -0.2) is 0 Å². The van der Waals surface area contributed by atoms with Gasteiger partial charge in [-0.1, -0.05) is 6.92 Å². The smallest absolute Gasteiger partial charge is 0.150 e. The normalized spacial score (nSPS) is 13.3. The quantitative estimate of drug-likeness (QED) is 0.788. The Morgan fingerprint density at radius 1 is 1.33 bits per heavy atom. The van der Waals surface area contributed by atoms with Gasteiger partial charge >= 0.3 is 0 Å². The van der Waals surface area contributed by atoms with Crippen molar-refractivity contribution in [1.82, 2.24) is 5.32 Å². The van der Waals surface area contributed by atoms with Crippen molar-refractivity contribution in [3.8, 4) is 5.75 Å². The second-order valence-electron chi connectivity index (χ2n) is 5.84. The van der Waals surface area contributed by atoms with Gasteiger partial charge in [0.2, 0.25) is 0 Å². The standard InChI is InChI=1S/C15H23NO2/c1-11(5-6-16-15(2,3)4)13-7-12(10-17)8-14(18)9-13/h7-11,16,18H,5-6H2,1-4H3. The zero-order valence-corrected chi connectivity index (χ0v) is 11.7. The molecule has 0 aliphatic carbocycles. The molecule has 1 rings (SSSR count). The van der Waals surface area contributed by atoms with Gasteiger partial charge < -0.3 is 10.4 Å². The van der Waals surface area contributed by atoms with Gasteiger partial charge in [-0.15, -0.1) is 0 Å². The van der Waals surface area contributed by atoms with Crippen LogP contribution in [0.25, 0.3) is 0 Å². The van der Waals surface area contributed by atoms with Crippen LogP contribution in [0.15, 0.2) is 18.2 Å². The third-order valence-electron chi connectivity index (χ3n) is 2.90. The summed E-state index contributed by atoms with van der Waals surface area (Å²) < 4.78 is 0. The van der Waals surface area contributed by atoms with Crippen LogP contribution in [-0.4, -0.2) is 23.5 Å². The van der Waals surface area contributed by atoms with Gasteiger partial charge in [-0.3, -0.25) is 4.79 Å². The molecule has 1 unspecified atom stereocenters. The molecule has 1 atom stereocenters. The third-order valence-corrected chi connectivity index (χ3v) is 2.90. The number of carbonyl (C=O) groups is 1. The summed E-state index contributed by atoms with van der Waals surface area (Å²) in [4.78, 5) is 10.8. The number of benzene rings is 1. The van der Waals surface area contributed by atoms with E-state index in [1.807, 2.05) is 6.07 Å². The SMILES string of the molecule is CC(CCNC(C)(C)C)c1cc(O)cc(C=O)c1. The maximum absolute atomic E-state index is 10.8. The lowest BCUT2D eigenvalue weighted by molar-refractivity contribution is 0.112. The largest absolute Gasteiger partial charge is 0.508 e. The first kappa shape index (κ1) is 14.7. The molecule has 0 fully saturated rings. The molecule has 100 valence electrons. The predicted molar refractivity (Wildman–Crippen MR) is 74.3 cm³/mol. The number of carbonyl (C=O) groups excluding carboxylic acids is 1. The van der Waals surface area contributed by atoms with E-state index < -0.39 is 0 Å². The molecule has 0 saturated heterocycles. The van der Waals surface area contributed by atoms with Crippen LogP contribution in [0.5, 0.6) is 5.75 Å². The lowest BCUT2D eigenvalue weighted by Gasteiger charge is -2.22. The lowest BCUT2D eigenvalue weighted by Crippen LogP contribution is -2.36. The van der Waals surface area contributed by atoms with E-state index in [1.165, 1.54) is 6.07 Å². The fourth-order valence-corrected chi connectivity index (χ4v) is 1.84. The first-order valence-corrected chi connectivity index (χ1v) is 6.36. The number of nitrogens with one attached hydrogen (secondary N) is 1. The number of rotatable bonds is 5. The molecule has 0 heterocycles. The average Bonchev–Trinajstić information content (AvgIpc) is 2.26. The lowest BCUT2D eigenvalue weighted by atomic mass is 9.95. The monoisotopic (exact) mass is 249 g/mol. The summed E-state index contributed by atoms with van der Waals surface area (Å²) in [5, 5.41) is 13.0.